The third-order valence-corrected chi connectivity index (χ3v) is 9.98. The van der Waals surface area contributed by atoms with Crippen LogP contribution in [0.2, 0.25) is 0 Å². The van der Waals surface area contributed by atoms with Crippen molar-refractivity contribution < 1.29 is 19.5 Å². The second-order valence-electron chi connectivity index (χ2n) is 8.77. The van der Waals surface area contributed by atoms with Crippen LogP contribution in [0.25, 0.3) is 0 Å². The van der Waals surface area contributed by atoms with Crippen LogP contribution in [0.15, 0.2) is 30.3 Å². The van der Waals surface area contributed by atoms with Gasteiger partial charge in [-0.1, -0.05) is 53.2 Å². The smallest absolute Gasteiger partial charge is 0.244 e. The second kappa shape index (κ2) is 9.73. The molecule has 3 amide bonds. The van der Waals surface area contributed by atoms with Crippen LogP contribution in [0.4, 0.5) is 0 Å². The lowest BCUT2D eigenvalue weighted by Gasteiger charge is -2.35. The predicted molar refractivity (Wildman–Crippen MR) is 127 cm³/mol. The summed E-state index contributed by atoms with van der Waals surface area (Å²) in [6.45, 7) is 3.19. The molecule has 1 aromatic carbocycles. The van der Waals surface area contributed by atoms with E-state index in [1.54, 1.807) is 16.7 Å². The number of hydrogen-bond donors (Lipinski definition) is 3. The zero-order chi connectivity index (χ0) is 22.9. The summed E-state index contributed by atoms with van der Waals surface area (Å²) in [6, 6.07) is 9.01. The van der Waals surface area contributed by atoms with Crippen molar-refractivity contribution in [3.05, 3.63) is 35.9 Å². The van der Waals surface area contributed by atoms with Crippen LogP contribution in [0, 0.1) is 11.8 Å². The zero-order valence-corrected chi connectivity index (χ0v) is 20.5. The van der Waals surface area contributed by atoms with Crippen LogP contribution in [-0.4, -0.2) is 68.3 Å². The van der Waals surface area contributed by atoms with E-state index in [4.69, 9.17) is 0 Å². The van der Waals surface area contributed by atoms with Crippen molar-refractivity contribution >= 4 is 45.4 Å². The van der Waals surface area contributed by atoms with Gasteiger partial charge >= 0.3 is 0 Å². The summed E-state index contributed by atoms with van der Waals surface area (Å²) >= 11 is 5.38. The fourth-order valence-corrected chi connectivity index (χ4v) is 9.07. The highest BCUT2D eigenvalue weighted by Gasteiger charge is 2.75. The van der Waals surface area contributed by atoms with Crippen LogP contribution < -0.4 is 10.6 Å². The van der Waals surface area contributed by atoms with E-state index in [2.05, 4.69) is 26.6 Å². The Labute approximate surface area is 201 Å². The van der Waals surface area contributed by atoms with Crippen molar-refractivity contribution in [1.82, 2.24) is 15.5 Å². The van der Waals surface area contributed by atoms with Crippen molar-refractivity contribution in [2.45, 2.75) is 53.6 Å². The van der Waals surface area contributed by atoms with Crippen LogP contribution in [0.1, 0.15) is 31.7 Å². The summed E-state index contributed by atoms with van der Waals surface area (Å²) in [7, 11) is 0. The van der Waals surface area contributed by atoms with E-state index in [9.17, 15) is 19.5 Å². The minimum atomic E-state index is -0.658. The van der Waals surface area contributed by atoms with Gasteiger partial charge in [0.1, 0.15) is 6.04 Å². The number of carbonyl (C=O) groups excluding carboxylic acids is 3. The summed E-state index contributed by atoms with van der Waals surface area (Å²) in [5.74, 6) is -1.40. The Kier molecular flexibility index (Phi) is 7.17. The Morgan fingerprint density at radius 1 is 1.25 bits per heavy atom. The summed E-state index contributed by atoms with van der Waals surface area (Å²) in [5.41, 5.74) is 0.986. The van der Waals surface area contributed by atoms with Crippen molar-refractivity contribution in [2.75, 3.05) is 19.7 Å². The number of likely N-dealkylation sites (tertiary alicyclic amines) is 1. The predicted octanol–water partition coefficient (Wildman–Crippen LogP) is 1.68. The monoisotopic (exact) mass is 523 g/mol. The Balaban J connectivity index is 1.63. The molecule has 32 heavy (non-hydrogen) atoms. The Morgan fingerprint density at radius 2 is 2.00 bits per heavy atom. The number of benzene rings is 1. The first-order chi connectivity index (χ1) is 15.4. The van der Waals surface area contributed by atoms with E-state index in [-0.39, 0.29) is 34.4 Å². The van der Waals surface area contributed by atoms with Crippen LogP contribution in [0.5, 0.6) is 0 Å². The molecule has 3 aliphatic heterocycles. The lowest BCUT2D eigenvalue weighted by Crippen LogP contribution is -2.54. The molecule has 1 aromatic rings. The van der Waals surface area contributed by atoms with E-state index in [0.29, 0.717) is 32.5 Å². The van der Waals surface area contributed by atoms with E-state index in [1.165, 1.54) is 0 Å². The topological polar surface area (TPSA) is 98.7 Å². The maximum Gasteiger partial charge on any atom is 0.244 e. The van der Waals surface area contributed by atoms with Gasteiger partial charge in [0, 0.05) is 36.3 Å². The number of thioether (sulfide) groups is 1. The third-order valence-electron chi connectivity index (χ3n) is 6.76. The largest absolute Gasteiger partial charge is 0.396 e. The first-order valence-corrected chi connectivity index (χ1v) is 13.1. The number of halogens is 1. The zero-order valence-electron chi connectivity index (χ0n) is 18.1. The molecule has 0 aromatic heterocycles. The molecule has 3 N–H and O–H groups in total. The molecule has 2 bridgehead atoms. The van der Waals surface area contributed by atoms with Gasteiger partial charge in [0.05, 0.1) is 16.6 Å². The van der Waals surface area contributed by atoms with Gasteiger partial charge in [-0.25, -0.2) is 0 Å². The average molecular weight is 524 g/mol. The number of hydrogen-bond acceptors (Lipinski definition) is 5. The highest BCUT2D eigenvalue weighted by Crippen LogP contribution is 2.67. The molecule has 1 spiro atoms. The van der Waals surface area contributed by atoms with Gasteiger partial charge in [0.2, 0.25) is 17.7 Å². The Morgan fingerprint density at radius 3 is 2.69 bits per heavy atom. The molecule has 3 fully saturated rings. The van der Waals surface area contributed by atoms with Crippen LogP contribution in [-0.2, 0) is 20.9 Å². The van der Waals surface area contributed by atoms with Crippen molar-refractivity contribution in [3.8, 4) is 0 Å². The van der Waals surface area contributed by atoms with Crippen LogP contribution >= 0.6 is 27.7 Å². The number of amides is 3. The van der Waals surface area contributed by atoms with Gasteiger partial charge in [0.25, 0.3) is 0 Å². The maximum atomic E-state index is 13.6. The first-order valence-electron chi connectivity index (χ1n) is 11.3. The van der Waals surface area contributed by atoms with Crippen molar-refractivity contribution in [2.24, 2.45) is 11.8 Å². The molecule has 3 heterocycles. The highest BCUT2D eigenvalue weighted by atomic mass is 79.9. The average Bonchev–Trinajstić information content (AvgIpc) is 3.38. The maximum absolute atomic E-state index is 13.6. The van der Waals surface area contributed by atoms with Gasteiger partial charge in [0.15, 0.2) is 0 Å². The molecular formula is C23H30BrN3O4S. The Bertz CT molecular complexity index is 872. The lowest BCUT2D eigenvalue weighted by molar-refractivity contribution is -0.140. The molecule has 7 nitrogen and oxygen atoms in total. The lowest BCUT2D eigenvalue weighted by atomic mass is 9.70. The number of carbonyl (C=O) groups is 3. The first kappa shape index (κ1) is 23.6. The van der Waals surface area contributed by atoms with E-state index < -0.39 is 22.6 Å². The van der Waals surface area contributed by atoms with E-state index >= 15 is 0 Å². The number of nitrogens with one attached hydrogen (secondary N) is 2. The summed E-state index contributed by atoms with van der Waals surface area (Å²) in [5, 5.41) is 15.4. The van der Waals surface area contributed by atoms with Gasteiger partial charge in [-0.05, 0) is 24.8 Å². The van der Waals surface area contributed by atoms with Crippen LogP contribution in [0.3, 0.4) is 0 Å². The molecule has 3 unspecified atom stereocenters. The molecule has 0 saturated carbocycles. The molecule has 6 atom stereocenters. The van der Waals surface area contributed by atoms with Gasteiger partial charge < -0.3 is 20.6 Å². The molecule has 0 aliphatic carbocycles. The summed E-state index contributed by atoms with van der Waals surface area (Å²) in [4.78, 5) is 41.9. The summed E-state index contributed by atoms with van der Waals surface area (Å²) in [6.07, 6.45) is 1.88. The summed E-state index contributed by atoms with van der Waals surface area (Å²) < 4.78 is -0.639. The van der Waals surface area contributed by atoms with Gasteiger partial charge in [-0.2, -0.15) is 0 Å². The molecule has 174 valence electrons. The fourth-order valence-electron chi connectivity index (χ4n) is 5.46. The molecular weight excluding hydrogens is 494 g/mol. The third kappa shape index (κ3) is 3.96. The van der Waals surface area contributed by atoms with E-state index in [0.717, 1.165) is 12.0 Å². The molecule has 3 aliphatic rings. The number of fused-ring (bicyclic) bond motifs is 1. The molecule has 9 heteroatoms. The SMILES string of the molecule is CCCNC(=O)[C@H]1[C@@H]2SC3(CC2Br)C(C(=O)NCc2ccccc2)N(CCCO)C(=O)[C@H]13. The minimum absolute atomic E-state index is 0.0368. The Hall–Kier alpha value is -1.58. The number of alkyl halides is 1. The number of aliphatic hydroxyl groups is 1. The molecule has 0 radical (unpaired) electrons. The fraction of sp³-hybridized carbons (Fsp3) is 0.609. The molecule has 4 rings (SSSR count). The standard InChI is InChI=1S/C23H30BrN3O4S/c1-2-9-25-20(29)16-17-22(31)27(10-6-11-28)19(23(17)12-15(24)18(16)32-23)21(30)26-13-14-7-4-3-5-8-14/h3-5,7-8,15-19,28H,2,6,9-13H2,1H3,(H,25,29)(H,26,30)/t15?,16-,17+,18-,19?,23?/m1/s1. The number of aliphatic hydroxyl groups excluding tert-OH is 1. The normalized spacial score (nSPS) is 32.8. The molecule has 3 saturated heterocycles. The van der Waals surface area contributed by atoms with Crippen molar-refractivity contribution in [1.29, 1.82) is 0 Å². The minimum Gasteiger partial charge on any atom is -0.396 e. The van der Waals surface area contributed by atoms with Crippen molar-refractivity contribution in [3.63, 3.8) is 0 Å². The number of rotatable bonds is 9. The van der Waals surface area contributed by atoms with Gasteiger partial charge in [-0.15, -0.1) is 11.8 Å². The van der Waals surface area contributed by atoms with E-state index in [1.807, 2.05) is 37.3 Å². The second-order valence-corrected chi connectivity index (χ2v) is 11.5. The quantitative estimate of drug-likeness (QED) is 0.427. The highest BCUT2D eigenvalue weighted by molar-refractivity contribution is 9.09. The number of nitrogens with zero attached hydrogens (tertiary/aromatic N) is 1. The van der Waals surface area contributed by atoms with Gasteiger partial charge in [-0.3, -0.25) is 14.4 Å².